The summed E-state index contributed by atoms with van der Waals surface area (Å²) >= 11 is 1.82. The first-order valence-electron chi connectivity index (χ1n) is 27.6. The van der Waals surface area contributed by atoms with Crippen molar-refractivity contribution >= 4 is 22.9 Å². The molecule has 12 bridgehead atoms. The van der Waals surface area contributed by atoms with E-state index >= 15 is 0 Å². The van der Waals surface area contributed by atoms with Crippen molar-refractivity contribution in [3.05, 3.63) is 107 Å². The van der Waals surface area contributed by atoms with Crippen LogP contribution in [0.1, 0.15) is 154 Å². The van der Waals surface area contributed by atoms with Gasteiger partial charge in [-0.25, -0.2) is 0 Å². The number of nitrogens with one attached hydrogen (secondary N) is 3. The minimum absolute atomic E-state index is 0. The molecular formula is C63H88N6O2S. The number of benzene rings is 3. The van der Waals surface area contributed by atoms with Gasteiger partial charge in [-0.15, -0.1) is 11.3 Å². The highest BCUT2D eigenvalue weighted by atomic mass is 32.1. The Kier molecular flexibility index (Phi) is 16.6. The van der Waals surface area contributed by atoms with E-state index in [1.54, 1.807) is 0 Å². The topological polar surface area (TPSA) is 115 Å². The van der Waals surface area contributed by atoms with E-state index in [-0.39, 0.29) is 21.5 Å². The fraction of sp³-hybridized carbons (Fsp3) is 0.619. The summed E-state index contributed by atoms with van der Waals surface area (Å²) in [5.41, 5.74) is 13.0. The molecule has 72 heavy (non-hydrogen) atoms. The number of thiophene rings is 1. The highest BCUT2D eigenvalue weighted by Gasteiger charge is 2.53. The smallest absolute Gasteiger partial charge is 0.255 e. The summed E-state index contributed by atoms with van der Waals surface area (Å²) in [6, 6.07) is 32.6. The minimum Gasteiger partial charge on any atom is -0.484 e. The highest BCUT2D eigenvalue weighted by Crippen LogP contribution is 2.58. The number of anilines is 1. The zero-order valence-electron chi connectivity index (χ0n) is 42.0. The molecule has 9 heteroatoms. The first-order valence-corrected chi connectivity index (χ1v) is 28.5. The van der Waals surface area contributed by atoms with Gasteiger partial charge in [-0.05, 0) is 227 Å². The molecule has 1 heterocycles. The first-order chi connectivity index (χ1) is 34.0. The number of nitrogens with zero attached hydrogens (tertiary/aromatic N) is 2. The van der Waals surface area contributed by atoms with Crippen molar-refractivity contribution in [1.29, 1.82) is 5.26 Å². The summed E-state index contributed by atoms with van der Waals surface area (Å²) in [4.78, 5) is 14.3. The molecule has 12 fully saturated rings. The molecule has 4 aromatic rings. The standard InChI is InChI=1S/C21H29N3.C21H25NS.C19H26N2O2.2CH4/c1-24(8-2-7-22)20-5-3-16(4-6-20)15-23-21-12-17-9-18(13-21)11-19(10-17)14-21;1-2-20(23-7-1)19-5-3-15(4-6-19)14-22-21-11-16-8-17(12-21)10-18(9-16)13-21;20-18(22)12-23-17-3-1-13(2-4-17)11-21-19-8-14-5-15(9-19)7-16(6-14)10-19;;/h3-6,17-19,23H,2,8-15H2,1H3;1-7,16-18,22H,8-14H2;1-4,14-16,21H,5-12H2,(H2,20,22);2*1H4. The number of hydrogen-bond donors (Lipinski definition) is 4. The van der Waals surface area contributed by atoms with Gasteiger partial charge in [0.25, 0.3) is 5.91 Å². The van der Waals surface area contributed by atoms with E-state index in [1.807, 2.05) is 23.5 Å². The monoisotopic (exact) mass is 993 g/mol. The van der Waals surface area contributed by atoms with Gasteiger partial charge in [-0.2, -0.15) is 5.26 Å². The number of primary amides is 1. The Bertz CT molecular complexity index is 2300. The van der Waals surface area contributed by atoms with Crippen LogP contribution >= 0.6 is 11.3 Å². The Morgan fingerprint density at radius 3 is 1.29 bits per heavy atom. The summed E-state index contributed by atoms with van der Waals surface area (Å²) in [6.45, 7) is 3.68. The zero-order chi connectivity index (χ0) is 47.7. The number of nitriles is 1. The Balaban J connectivity index is 0.000000132. The molecule has 1 aromatic heterocycles. The molecule has 3 aromatic carbocycles. The number of amides is 1. The number of carbonyl (C=O) groups is 1. The van der Waals surface area contributed by atoms with Crippen molar-refractivity contribution < 1.29 is 9.53 Å². The van der Waals surface area contributed by atoms with E-state index in [0.29, 0.717) is 28.8 Å². The molecule has 0 radical (unpaired) electrons. The van der Waals surface area contributed by atoms with Crippen LogP contribution in [0.3, 0.4) is 0 Å². The highest BCUT2D eigenvalue weighted by molar-refractivity contribution is 7.13. The summed E-state index contributed by atoms with van der Waals surface area (Å²) in [5.74, 6) is 9.23. The van der Waals surface area contributed by atoms with Crippen LogP contribution in [0.15, 0.2) is 90.3 Å². The predicted octanol–water partition coefficient (Wildman–Crippen LogP) is 13.4. The molecule has 5 N–H and O–H groups in total. The Labute approximate surface area is 438 Å². The van der Waals surface area contributed by atoms with Crippen molar-refractivity contribution in [2.24, 2.45) is 59.0 Å². The largest absolute Gasteiger partial charge is 0.484 e. The van der Waals surface area contributed by atoms with Crippen molar-refractivity contribution in [3.63, 3.8) is 0 Å². The summed E-state index contributed by atoms with van der Waals surface area (Å²) in [5, 5.41) is 22.7. The number of carbonyl (C=O) groups excluding carboxylic acids is 1. The van der Waals surface area contributed by atoms with Crippen LogP contribution in [0.4, 0.5) is 5.69 Å². The average Bonchev–Trinajstić information content (AvgIpc) is 3.89. The second-order valence-electron chi connectivity index (χ2n) is 24.7. The van der Waals surface area contributed by atoms with Crippen molar-refractivity contribution in [2.75, 3.05) is 25.1 Å². The first kappa shape index (κ1) is 52.7. The van der Waals surface area contributed by atoms with Crippen LogP contribution in [-0.2, 0) is 24.4 Å². The molecule has 12 saturated carbocycles. The minimum atomic E-state index is -0.447. The van der Waals surface area contributed by atoms with E-state index in [9.17, 15) is 4.79 Å². The Morgan fingerprint density at radius 1 is 0.597 bits per heavy atom. The van der Waals surface area contributed by atoms with E-state index in [1.165, 1.54) is 148 Å². The van der Waals surface area contributed by atoms with E-state index < -0.39 is 5.91 Å². The van der Waals surface area contributed by atoms with Crippen LogP contribution < -0.4 is 31.3 Å². The van der Waals surface area contributed by atoms with Crippen LogP contribution in [0.2, 0.25) is 0 Å². The van der Waals surface area contributed by atoms with Crippen molar-refractivity contribution in [2.45, 2.75) is 173 Å². The molecule has 388 valence electrons. The molecule has 8 nitrogen and oxygen atoms in total. The normalized spacial score (nSPS) is 33.3. The molecule has 1 amide bonds. The second-order valence-corrected chi connectivity index (χ2v) is 25.7. The quantitative estimate of drug-likeness (QED) is 0.0884. The van der Waals surface area contributed by atoms with Gasteiger partial charge in [0.15, 0.2) is 6.61 Å². The summed E-state index contributed by atoms with van der Waals surface area (Å²) in [7, 11) is 2.06. The fourth-order valence-electron chi connectivity index (χ4n) is 17.2. The molecule has 0 spiro atoms. The van der Waals surface area contributed by atoms with Gasteiger partial charge in [-0.1, -0.05) is 69.5 Å². The maximum Gasteiger partial charge on any atom is 0.255 e. The van der Waals surface area contributed by atoms with Gasteiger partial charge >= 0.3 is 0 Å². The van der Waals surface area contributed by atoms with Gasteiger partial charge in [0.1, 0.15) is 5.75 Å². The lowest BCUT2D eigenvalue weighted by Crippen LogP contribution is -2.58. The molecular weight excluding hydrogens is 905 g/mol. The van der Waals surface area contributed by atoms with Crippen LogP contribution in [0.5, 0.6) is 5.75 Å². The predicted molar refractivity (Wildman–Crippen MR) is 298 cm³/mol. The van der Waals surface area contributed by atoms with E-state index in [0.717, 1.165) is 79.4 Å². The molecule has 16 rings (SSSR count). The second kappa shape index (κ2) is 22.7. The van der Waals surface area contributed by atoms with Crippen molar-refractivity contribution in [3.8, 4) is 22.3 Å². The molecule has 0 aliphatic heterocycles. The SMILES string of the molecule is C.C.CN(CCC#N)c1ccc(CNC23CC4CC(CC(C4)C2)C3)cc1.NC(=O)COc1ccc(CNC23CC4CC(CC(C4)C2)C3)cc1.c1csc(-c2ccc(CNC34CC5CC(CC(C5)C3)C4)cc2)c1. The molecule has 0 saturated heterocycles. The molecule has 0 atom stereocenters. The van der Waals surface area contributed by atoms with Crippen LogP contribution in [-0.4, -0.2) is 42.7 Å². The third kappa shape index (κ3) is 12.5. The lowest BCUT2D eigenvalue weighted by molar-refractivity contribution is -0.119. The summed E-state index contributed by atoms with van der Waals surface area (Å²) in [6.07, 6.45) is 26.8. The maximum atomic E-state index is 10.7. The van der Waals surface area contributed by atoms with Crippen LogP contribution in [0, 0.1) is 64.6 Å². The molecule has 12 aliphatic carbocycles. The average molecular weight is 994 g/mol. The lowest BCUT2D eigenvalue weighted by Gasteiger charge is -2.57. The molecule has 12 aliphatic rings. The van der Waals surface area contributed by atoms with Crippen molar-refractivity contribution in [1.82, 2.24) is 16.0 Å². The van der Waals surface area contributed by atoms with Crippen LogP contribution in [0.25, 0.3) is 10.4 Å². The van der Waals surface area contributed by atoms with E-state index in [4.69, 9.17) is 15.7 Å². The molecule has 0 unspecified atom stereocenters. The maximum absolute atomic E-state index is 10.7. The number of hydrogen-bond acceptors (Lipinski definition) is 8. The van der Waals surface area contributed by atoms with Gasteiger partial charge in [0.05, 0.1) is 12.5 Å². The Morgan fingerprint density at radius 2 is 0.958 bits per heavy atom. The number of rotatable bonds is 16. The fourth-order valence-corrected chi connectivity index (χ4v) is 17.9. The third-order valence-corrected chi connectivity index (χ3v) is 20.0. The third-order valence-electron chi connectivity index (χ3n) is 19.1. The lowest BCUT2D eigenvalue weighted by atomic mass is 9.53. The summed E-state index contributed by atoms with van der Waals surface area (Å²) < 4.78 is 5.31. The Hall–Kier alpha value is -4.20. The van der Waals surface area contributed by atoms with Gasteiger partial charge in [0, 0.05) is 60.4 Å². The zero-order valence-corrected chi connectivity index (χ0v) is 42.8. The van der Waals surface area contributed by atoms with Gasteiger partial charge in [0.2, 0.25) is 0 Å². The van der Waals surface area contributed by atoms with E-state index in [2.05, 4.69) is 112 Å². The number of ether oxygens (including phenoxy) is 1. The number of nitrogens with two attached hydrogens (primary N) is 1. The van der Waals surface area contributed by atoms with Gasteiger partial charge in [-0.3, -0.25) is 4.79 Å². The van der Waals surface area contributed by atoms with Gasteiger partial charge < -0.3 is 31.3 Å².